The van der Waals surface area contributed by atoms with E-state index in [1.807, 2.05) is 38.1 Å². The molecule has 1 aromatic carbocycles. The number of carbonyl (C=O) groups excluding carboxylic acids is 1. The van der Waals surface area contributed by atoms with Crippen molar-refractivity contribution in [2.45, 2.75) is 26.3 Å². The summed E-state index contributed by atoms with van der Waals surface area (Å²) >= 11 is 0. The van der Waals surface area contributed by atoms with Gasteiger partial charge in [-0.05, 0) is 26.0 Å². The molecule has 0 bridgehead atoms. The topological polar surface area (TPSA) is 69.6 Å². The number of nitrogens with one attached hydrogen (secondary N) is 1. The van der Waals surface area contributed by atoms with Gasteiger partial charge in [-0.3, -0.25) is 4.90 Å². The van der Waals surface area contributed by atoms with Gasteiger partial charge in [0.25, 0.3) is 0 Å². The van der Waals surface area contributed by atoms with E-state index in [0.717, 1.165) is 5.56 Å². The lowest BCUT2D eigenvalue weighted by Gasteiger charge is -2.23. The number of aryl methyl sites for hydroxylation is 1. The number of amides is 2. The summed E-state index contributed by atoms with van der Waals surface area (Å²) in [7, 11) is 0. The van der Waals surface area contributed by atoms with E-state index in [-0.39, 0.29) is 6.42 Å². The Labute approximate surface area is 118 Å². The zero-order chi connectivity index (χ0) is 15.1. The first-order chi connectivity index (χ1) is 9.49. The quantitative estimate of drug-likeness (QED) is 0.807. The highest BCUT2D eigenvalue weighted by molar-refractivity contribution is 5.94. The van der Waals surface area contributed by atoms with Gasteiger partial charge in [-0.1, -0.05) is 17.7 Å². The van der Waals surface area contributed by atoms with Crippen molar-refractivity contribution >= 4 is 17.7 Å². The lowest BCUT2D eigenvalue weighted by Crippen LogP contribution is -2.48. The molecular formula is C15H18N2O3. The van der Waals surface area contributed by atoms with Crippen LogP contribution in [0.25, 0.3) is 0 Å². The molecule has 0 aliphatic carbocycles. The number of hydrogen-bond donors (Lipinski definition) is 2. The SMILES string of the molecule is C#CCC(NC(=O)N(CC)c1ccc(C)cc1)C(=O)O. The van der Waals surface area contributed by atoms with E-state index in [1.165, 1.54) is 4.90 Å². The summed E-state index contributed by atoms with van der Waals surface area (Å²) in [6, 6.07) is 5.86. The summed E-state index contributed by atoms with van der Waals surface area (Å²) in [5, 5.41) is 11.4. The molecule has 0 aliphatic heterocycles. The monoisotopic (exact) mass is 274 g/mol. The molecule has 1 unspecified atom stereocenters. The summed E-state index contributed by atoms with van der Waals surface area (Å²) in [5.74, 6) is 1.10. The predicted octanol–water partition coefficient (Wildman–Crippen LogP) is 2.01. The number of nitrogens with zero attached hydrogens (tertiary/aromatic N) is 1. The summed E-state index contributed by atoms with van der Waals surface area (Å²) in [4.78, 5) is 24.6. The minimum atomic E-state index is -1.14. The van der Waals surface area contributed by atoms with E-state index >= 15 is 0 Å². The number of aliphatic carboxylic acids is 1. The van der Waals surface area contributed by atoms with Crippen LogP contribution in [0.3, 0.4) is 0 Å². The van der Waals surface area contributed by atoms with Crippen LogP contribution in [0.4, 0.5) is 10.5 Å². The van der Waals surface area contributed by atoms with E-state index in [1.54, 1.807) is 0 Å². The number of rotatable bonds is 5. The van der Waals surface area contributed by atoms with Gasteiger partial charge in [-0.2, -0.15) is 0 Å². The van der Waals surface area contributed by atoms with Crippen LogP contribution in [0.1, 0.15) is 18.9 Å². The van der Waals surface area contributed by atoms with E-state index in [4.69, 9.17) is 11.5 Å². The summed E-state index contributed by atoms with van der Waals surface area (Å²) in [6.07, 6.45) is 5.05. The Hall–Kier alpha value is -2.48. The third-order valence-corrected chi connectivity index (χ3v) is 2.82. The summed E-state index contributed by atoms with van der Waals surface area (Å²) in [5.41, 5.74) is 1.79. The number of hydrogen-bond acceptors (Lipinski definition) is 2. The van der Waals surface area contributed by atoms with E-state index in [9.17, 15) is 9.59 Å². The van der Waals surface area contributed by atoms with Crippen molar-refractivity contribution in [3.8, 4) is 12.3 Å². The van der Waals surface area contributed by atoms with Gasteiger partial charge in [0, 0.05) is 18.7 Å². The van der Waals surface area contributed by atoms with Gasteiger partial charge >= 0.3 is 12.0 Å². The molecule has 0 fully saturated rings. The molecule has 0 saturated carbocycles. The standard InChI is InChI=1S/C15H18N2O3/c1-4-6-13(14(18)19)16-15(20)17(5-2)12-9-7-11(3)8-10-12/h1,7-10,13H,5-6H2,2-3H3,(H,16,20)(H,18,19). The Kier molecular flexibility index (Phi) is 5.60. The second-order valence-electron chi connectivity index (χ2n) is 4.33. The molecule has 1 atom stereocenters. The average molecular weight is 274 g/mol. The molecule has 0 aromatic heterocycles. The second-order valence-corrected chi connectivity index (χ2v) is 4.33. The van der Waals surface area contributed by atoms with Gasteiger partial charge in [0.2, 0.25) is 0 Å². The van der Waals surface area contributed by atoms with Crippen LogP contribution in [0.5, 0.6) is 0 Å². The number of carbonyl (C=O) groups is 2. The molecule has 0 aliphatic rings. The Morgan fingerprint density at radius 2 is 2.00 bits per heavy atom. The molecule has 0 radical (unpaired) electrons. The minimum absolute atomic E-state index is 0.0491. The fraction of sp³-hybridized carbons (Fsp3) is 0.333. The van der Waals surface area contributed by atoms with E-state index in [0.29, 0.717) is 12.2 Å². The van der Waals surface area contributed by atoms with Gasteiger partial charge in [0.15, 0.2) is 0 Å². The highest BCUT2D eigenvalue weighted by atomic mass is 16.4. The Morgan fingerprint density at radius 1 is 1.40 bits per heavy atom. The van der Waals surface area contributed by atoms with Crippen LogP contribution in [-0.2, 0) is 4.79 Å². The molecule has 2 amide bonds. The second kappa shape index (κ2) is 7.19. The van der Waals surface area contributed by atoms with Crippen LogP contribution >= 0.6 is 0 Å². The lowest BCUT2D eigenvalue weighted by atomic mass is 10.2. The normalized spacial score (nSPS) is 11.2. The number of carboxylic acid groups (broad SMARTS) is 1. The van der Waals surface area contributed by atoms with Gasteiger partial charge in [0.05, 0.1) is 0 Å². The molecular weight excluding hydrogens is 256 g/mol. The largest absolute Gasteiger partial charge is 0.480 e. The van der Waals surface area contributed by atoms with Gasteiger partial charge in [-0.25, -0.2) is 9.59 Å². The van der Waals surface area contributed by atoms with Gasteiger partial charge < -0.3 is 10.4 Å². The maximum absolute atomic E-state index is 12.1. The first-order valence-electron chi connectivity index (χ1n) is 6.30. The van der Waals surface area contributed by atoms with Crippen LogP contribution in [0.2, 0.25) is 0 Å². The molecule has 1 aromatic rings. The Morgan fingerprint density at radius 3 is 2.45 bits per heavy atom. The minimum Gasteiger partial charge on any atom is -0.480 e. The zero-order valence-electron chi connectivity index (χ0n) is 11.6. The van der Waals surface area contributed by atoms with Crippen LogP contribution < -0.4 is 10.2 Å². The van der Waals surface area contributed by atoms with Crippen molar-refractivity contribution in [3.63, 3.8) is 0 Å². The smallest absolute Gasteiger partial charge is 0.327 e. The lowest BCUT2D eigenvalue weighted by molar-refractivity contribution is -0.139. The van der Waals surface area contributed by atoms with Crippen LogP contribution in [0, 0.1) is 19.3 Å². The number of urea groups is 1. The molecule has 0 spiro atoms. The van der Waals surface area contributed by atoms with Crippen molar-refractivity contribution in [1.82, 2.24) is 5.32 Å². The molecule has 2 N–H and O–H groups in total. The highest BCUT2D eigenvalue weighted by Crippen LogP contribution is 2.15. The van der Waals surface area contributed by atoms with Gasteiger partial charge in [0.1, 0.15) is 6.04 Å². The summed E-state index contributed by atoms with van der Waals surface area (Å²) < 4.78 is 0. The number of benzene rings is 1. The number of anilines is 1. The maximum Gasteiger partial charge on any atom is 0.327 e. The van der Waals surface area contributed by atoms with Crippen molar-refractivity contribution in [1.29, 1.82) is 0 Å². The fourth-order valence-electron chi connectivity index (χ4n) is 1.71. The van der Waals surface area contributed by atoms with Crippen LogP contribution in [0.15, 0.2) is 24.3 Å². The highest BCUT2D eigenvalue weighted by Gasteiger charge is 2.22. The fourth-order valence-corrected chi connectivity index (χ4v) is 1.71. The molecule has 1 rings (SSSR count). The van der Waals surface area contributed by atoms with Crippen LogP contribution in [-0.4, -0.2) is 29.7 Å². The average Bonchev–Trinajstić information content (AvgIpc) is 2.41. The number of carboxylic acids is 1. The number of terminal acetylenes is 1. The van der Waals surface area contributed by atoms with E-state index in [2.05, 4.69) is 11.2 Å². The first-order valence-corrected chi connectivity index (χ1v) is 6.30. The van der Waals surface area contributed by atoms with Crippen molar-refractivity contribution in [2.24, 2.45) is 0 Å². The molecule has 20 heavy (non-hydrogen) atoms. The molecule has 106 valence electrons. The molecule has 5 heteroatoms. The van der Waals surface area contributed by atoms with Crippen molar-refractivity contribution in [2.75, 3.05) is 11.4 Å². The van der Waals surface area contributed by atoms with Gasteiger partial charge in [-0.15, -0.1) is 12.3 Å². The third-order valence-electron chi connectivity index (χ3n) is 2.82. The summed E-state index contributed by atoms with van der Waals surface area (Å²) in [6.45, 7) is 4.20. The molecule has 5 nitrogen and oxygen atoms in total. The maximum atomic E-state index is 12.1. The Balaban J connectivity index is 2.84. The Bertz CT molecular complexity index is 517. The zero-order valence-corrected chi connectivity index (χ0v) is 11.6. The predicted molar refractivity (Wildman–Crippen MR) is 77.6 cm³/mol. The third kappa shape index (κ3) is 4.02. The van der Waals surface area contributed by atoms with Crippen molar-refractivity contribution < 1.29 is 14.7 Å². The molecule has 0 heterocycles. The molecule has 0 saturated heterocycles. The first kappa shape index (κ1) is 15.6. The van der Waals surface area contributed by atoms with E-state index < -0.39 is 18.0 Å². The van der Waals surface area contributed by atoms with Crippen molar-refractivity contribution in [3.05, 3.63) is 29.8 Å².